The number of aromatic nitrogens is 1. The summed E-state index contributed by atoms with van der Waals surface area (Å²) in [5, 5.41) is 2.53. The van der Waals surface area contributed by atoms with Crippen LogP contribution >= 0.6 is 23.2 Å². The number of fused-ring (bicyclic) bond motifs is 1. The second kappa shape index (κ2) is 5.88. The van der Waals surface area contributed by atoms with Gasteiger partial charge in [-0.3, -0.25) is 0 Å². The van der Waals surface area contributed by atoms with Crippen LogP contribution in [0.25, 0.3) is 23.1 Å². The van der Waals surface area contributed by atoms with Gasteiger partial charge in [-0.05, 0) is 30.3 Å². The van der Waals surface area contributed by atoms with Crippen LogP contribution in [-0.4, -0.2) is 0 Å². The van der Waals surface area contributed by atoms with E-state index in [1.807, 2.05) is 42.5 Å². The van der Waals surface area contributed by atoms with Gasteiger partial charge in [0, 0.05) is 39.2 Å². The van der Waals surface area contributed by atoms with Gasteiger partial charge in [0.1, 0.15) is 7.05 Å². The minimum Gasteiger partial charge on any atom is -0.195 e. The first kappa shape index (κ1) is 14.1. The fraction of sp³-hybridized carbons (Fsp3) is 0.0556. The Morgan fingerprint density at radius 2 is 1.52 bits per heavy atom. The molecule has 0 amide bonds. The van der Waals surface area contributed by atoms with Crippen molar-refractivity contribution in [2.75, 3.05) is 0 Å². The van der Waals surface area contributed by atoms with Crippen LogP contribution in [0.4, 0.5) is 0 Å². The lowest BCUT2D eigenvalue weighted by molar-refractivity contribution is -0.646. The average Bonchev–Trinajstić information content (AvgIpc) is 2.49. The summed E-state index contributed by atoms with van der Waals surface area (Å²) in [6.45, 7) is 0. The number of hydrogen-bond donors (Lipinski definition) is 0. The maximum atomic E-state index is 6.19. The third kappa shape index (κ3) is 2.80. The van der Waals surface area contributed by atoms with E-state index < -0.39 is 0 Å². The predicted octanol–water partition coefficient (Wildman–Crippen LogP) is 5.14. The summed E-state index contributed by atoms with van der Waals surface area (Å²) >= 11 is 12.4. The number of halogens is 2. The molecular weight excluding hydrogens is 301 g/mol. The summed E-state index contributed by atoms with van der Waals surface area (Å²) in [6, 6.07) is 18.0. The molecular formula is C18H14Cl2N+. The Morgan fingerprint density at radius 1 is 0.810 bits per heavy atom. The van der Waals surface area contributed by atoms with Crippen LogP contribution in [0, 0.1) is 0 Å². The molecule has 104 valence electrons. The van der Waals surface area contributed by atoms with Crippen LogP contribution in [0.1, 0.15) is 11.3 Å². The number of benzene rings is 2. The van der Waals surface area contributed by atoms with E-state index in [1.165, 1.54) is 10.9 Å². The van der Waals surface area contributed by atoms with Crippen molar-refractivity contribution in [1.29, 1.82) is 0 Å². The fourth-order valence-corrected chi connectivity index (χ4v) is 2.89. The summed E-state index contributed by atoms with van der Waals surface area (Å²) < 4.78 is 2.15. The molecule has 0 saturated carbocycles. The standard InChI is InChI=1S/C18H14Cl2N/c1-21-14(10-9-13-5-2-3-8-18(13)21)11-12-15-16(19)6-4-7-17(15)20/h2-12H,1H3/q+1. The molecule has 0 saturated heterocycles. The molecule has 1 heterocycles. The number of pyridine rings is 1. The van der Waals surface area contributed by atoms with E-state index in [-0.39, 0.29) is 0 Å². The molecule has 0 aliphatic rings. The van der Waals surface area contributed by atoms with Crippen molar-refractivity contribution >= 4 is 46.3 Å². The maximum absolute atomic E-state index is 6.19. The zero-order valence-corrected chi connectivity index (χ0v) is 13.1. The van der Waals surface area contributed by atoms with E-state index in [0.29, 0.717) is 10.0 Å². The monoisotopic (exact) mass is 314 g/mol. The highest BCUT2D eigenvalue weighted by atomic mass is 35.5. The van der Waals surface area contributed by atoms with Crippen molar-refractivity contribution in [3.63, 3.8) is 0 Å². The van der Waals surface area contributed by atoms with Crippen molar-refractivity contribution in [2.24, 2.45) is 7.05 Å². The van der Waals surface area contributed by atoms with Crippen LogP contribution in [0.5, 0.6) is 0 Å². The first-order valence-electron chi connectivity index (χ1n) is 6.67. The molecule has 1 nitrogen and oxygen atoms in total. The van der Waals surface area contributed by atoms with Crippen LogP contribution in [0.2, 0.25) is 10.0 Å². The van der Waals surface area contributed by atoms with Gasteiger partial charge >= 0.3 is 0 Å². The quantitative estimate of drug-likeness (QED) is 0.576. The molecule has 3 heteroatoms. The molecule has 0 aliphatic heterocycles. The van der Waals surface area contributed by atoms with Crippen LogP contribution in [-0.2, 0) is 7.05 Å². The van der Waals surface area contributed by atoms with Gasteiger partial charge in [-0.15, -0.1) is 0 Å². The van der Waals surface area contributed by atoms with Gasteiger partial charge in [-0.1, -0.05) is 41.4 Å². The van der Waals surface area contributed by atoms with E-state index in [0.717, 1.165) is 11.3 Å². The molecule has 0 unspecified atom stereocenters. The maximum Gasteiger partial charge on any atom is 0.212 e. The SMILES string of the molecule is C[n+]1c(C=Cc2c(Cl)cccc2Cl)ccc2ccccc21. The van der Waals surface area contributed by atoms with E-state index in [9.17, 15) is 0 Å². The normalized spacial score (nSPS) is 11.4. The summed E-state index contributed by atoms with van der Waals surface area (Å²) in [4.78, 5) is 0. The third-order valence-corrected chi connectivity index (χ3v) is 4.20. The molecule has 0 radical (unpaired) electrons. The van der Waals surface area contributed by atoms with Crippen molar-refractivity contribution in [3.05, 3.63) is 75.9 Å². The predicted molar refractivity (Wildman–Crippen MR) is 90.5 cm³/mol. The summed E-state index contributed by atoms with van der Waals surface area (Å²) in [5.74, 6) is 0. The fourth-order valence-electron chi connectivity index (χ4n) is 2.37. The van der Waals surface area contributed by atoms with Crippen LogP contribution in [0.3, 0.4) is 0 Å². The van der Waals surface area contributed by atoms with E-state index in [1.54, 1.807) is 0 Å². The van der Waals surface area contributed by atoms with Gasteiger partial charge in [0.25, 0.3) is 0 Å². The molecule has 0 bridgehead atoms. The number of hydrogen-bond acceptors (Lipinski definition) is 0. The number of nitrogens with zero attached hydrogens (tertiary/aromatic N) is 1. The first-order valence-corrected chi connectivity index (χ1v) is 7.42. The first-order chi connectivity index (χ1) is 10.2. The number of rotatable bonds is 2. The van der Waals surface area contributed by atoms with E-state index in [4.69, 9.17) is 23.2 Å². The Morgan fingerprint density at radius 3 is 2.29 bits per heavy atom. The summed E-state index contributed by atoms with van der Waals surface area (Å²) in [5.41, 5.74) is 3.11. The van der Waals surface area contributed by atoms with Crippen LogP contribution in [0.15, 0.2) is 54.6 Å². The lowest BCUT2D eigenvalue weighted by Crippen LogP contribution is -2.32. The van der Waals surface area contributed by atoms with Gasteiger partial charge in [-0.2, -0.15) is 4.57 Å². The topological polar surface area (TPSA) is 3.88 Å². The highest BCUT2D eigenvalue weighted by Crippen LogP contribution is 2.26. The smallest absolute Gasteiger partial charge is 0.195 e. The molecule has 3 aromatic rings. The lowest BCUT2D eigenvalue weighted by Gasteiger charge is -2.02. The molecule has 0 spiro atoms. The molecule has 0 fully saturated rings. The van der Waals surface area contributed by atoms with Gasteiger partial charge in [0.05, 0.1) is 0 Å². The zero-order valence-electron chi connectivity index (χ0n) is 11.6. The second-order valence-electron chi connectivity index (χ2n) is 4.84. The third-order valence-electron chi connectivity index (χ3n) is 3.54. The zero-order chi connectivity index (χ0) is 14.8. The van der Waals surface area contributed by atoms with E-state index >= 15 is 0 Å². The van der Waals surface area contributed by atoms with Crippen LogP contribution < -0.4 is 4.57 Å². The van der Waals surface area contributed by atoms with Crippen molar-refractivity contribution in [3.8, 4) is 0 Å². The Kier molecular flexibility index (Phi) is 3.96. The van der Waals surface area contributed by atoms with Crippen molar-refractivity contribution < 1.29 is 4.57 Å². The Balaban J connectivity index is 2.06. The average molecular weight is 315 g/mol. The van der Waals surface area contributed by atoms with E-state index in [2.05, 4.69) is 35.9 Å². The molecule has 0 atom stereocenters. The number of para-hydroxylation sites is 1. The Labute approximate surface area is 134 Å². The Hall–Kier alpha value is -1.83. The molecule has 1 aromatic heterocycles. The van der Waals surface area contributed by atoms with Gasteiger partial charge in [-0.25, -0.2) is 0 Å². The number of aryl methyl sites for hydroxylation is 1. The minimum atomic E-state index is 0.655. The summed E-state index contributed by atoms with van der Waals surface area (Å²) in [6.07, 6.45) is 3.98. The molecule has 2 aromatic carbocycles. The second-order valence-corrected chi connectivity index (χ2v) is 5.66. The van der Waals surface area contributed by atoms with Gasteiger partial charge < -0.3 is 0 Å². The highest BCUT2D eigenvalue weighted by molar-refractivity contribution is 6.37. The molecule has 0 aliphatic carbocycles. The van der Waals surface area contributed by atoms with Crippen molar-refractivity contribution in [2.45, 2.75) is 0 Å². The molecule has 3 rings (SSSR count). The lowest BCUT2D eigenvalue weighted by atomic mass is 10.1. The van der Waals surface area contributed by atoms with Gasteiger partial charge in [0.2, 0.25) is 11.2 Å². The van der Waals surface area contributed by atoms with Crippen molar-refractivity contribution in [1.82, 2.24) is 0 Å². The molecule has 21 heavy (non-hydrogen) atoms. The van der Waals surface area contributed by atoms with Gasteiger partial charge in [0.15, 0.2) is 0 Å². The Bertz CT molecular complexity index is 817. The largest absolute Gasteiger partial charge is 0.212 e. The molecule has 0 N–H and O–H groups in total. The highest BCUT2D eigenvalue weighted by Gasteiger charge is 2.09. The minimum absolute atomic E-state index is 0.655. The summed E-state index contributed by atoms with van der Waals surface area (Å²) in [7, 11) is 2.05.